The van der Waals surface area contributed by atoms with Gasteiger partial charge >= 0.3 is 0 Å². The molecule has 0 amide bonds. The van der Waals surface area contributed by atoms with E-state index in [4.69, 9.17) is 5.26 Å². The van der Waals surface area contributed by atoms with E-state index in [0.717, 1.165) is 19.1 Å². The summed E-state index contributed by atoms with van der Waals surface area (Å²) in [5.74, 6) is -0.373. The number of benzene rings is 1. The van der Waals surface area contributed by atoms with E-state index in [1.54, 1.807) is 6.07 Å². The van der Waals surface area contributed by atoms with Crippen molar-refractivity contribution in [2.24, 2.45) is 0 Å². The lowest BCUT2D eigenvalue weighted by molar-refractivity contribution is 0.337. The Morgan fingerprint density at radius 2 is 2.29 bits per heavy atom. The van der Waals surface area contributed by atoms with Gasteiger partial charge < -0.3 is 10.2 Å². The van der Waals surface area contributed by atoms with Crippen LogP contribution in [-0.4, -0.2) is 31.1 Å². The molecule has 3 nitrogen and oxygen atoms in total. The molecule has 1 N–H and O–H groups in total. The minimum Gasteiger partial charge on any atom is -0.383 e. The zero-order chi connectivity index (χ0) is 12.3. The Morgan fingerprint density at radius 1 is 1.53 bits per heavy atom. The molecule has 0 spiro atoms. The number of rotatable bonds is 5. The van der Waals surface area contributed by atoms with Gasteiger partial charge in [-0.1, -0.05) is 0 Å². The predicted molar refractivity (Wildman–Crippen MR) is 65.3 cm³/mol. The Balaban J connectivity index is 1.87. The standard InChI is InChI=1S/C13H16FN3/c1-17(12-3-4-12)7-6-16-13-5-2-11(14)8-10(13)9-15/h2,5,8,12,16H,3-4,6-7H2,1H3. The number of hydrogen-bond donors (Lipinski definition) is 1. The third-order valence-corrected chi connectivity index (χ3v) is 3.05. The van der Waals surface area contributed by atoms with E-state index in [9.17, 15) is 4.39 Å². The van der Waals surface area contributed by atoms with E-state index >= 15 is 0 Å². The van der Waals surface area contributed by atoms with Gasteiger partial charge in [0.15, 0.2) is 0 Å². The van der Waals surface area contributed by atoms with Crippen molar-refractivity contribution in [3.8, 4) is 6.07 Å². The summed E-state index contributed by atoms with van der Waals surface area (Å²) in [4.78, 5) is 2.31. The van der Waals surface area contributed by atoms with Gasteiger partial charge in [-0.2, -0.15) is 5.26 Å². The molecule has 1 aromatic carbocycles. The molecule has 0 unspecified atom stereocenters. The average molecular weight is 233 g/mol. The van der Waals surface area contributed by atoms with E-state index in [-0.39, 0.29) is 5.82 Å². The molecule has 0 heterocycles. The van der Waals surface area contributed by atoms with Crippen molar-refractivity contribution in [1.82, 2.24) is 4.90 Å². The van der Waals surface area contributed by atoms with Crippen LogP contribution >= 0.6 is 0 Å². The number of nitriles is 1. The van der Waals surface area contributed by atoms with E-state index in [0.29, 0.717) is 11.3 Å². The first-order valence-electron chi connectivity index (χ1n) is 5.84. The lowest BCUT2D eigenvalue weighted by Gasteiger charge is -2.16. The summed E-state index contributed by atoms with van der Waals surface area (Å²) < 4.78 is 12.9. The van der Waals surface area contributed by atoms with Crippen LogP contribution in [0.25, 0.3) is 0 Å². The molecule has 0 aliphatic heterocycles. The Labute approximate surface area is 101 Å². The second-order valence-electron chi connectivity index (χ2n) is 4.44. The van der Waals surface area contributed by atoms with Crippen LogP contribution < -0.4 is 5.32 Å². The van der Waals surface area contributed by atoms with Crippen molar-refractivity contribution in [2.45, 2.75) is 18.9 Å². The number of halogens is 1. The Kier molecular flexibility index (Phi) is 3.60. The van der Waals surface area contributed by atoms with Crippen LogP contribution in [0.5, 0.6) is 0 Å². The van der Waals surface area contributed by atoms with Crippen molar-refractivity contribution < 1.29 is 4.39 Å². The summed E-state index contributed by atoms with van der Waals surface area (Å²) in [5, 5.41) is 12.1. The Hall–Kier alpha value is -1.60. The molecule has 90 valence electrons. The third-order valence-electron chi connectivity index (χ3n) is 3.05. The number of anilines is 1. The molecule has 1 saturated carbocycles. The summed E-state index contributed by atoms with van der Waals surface area (Å²) in [6.07, 6.45) is 2.58. The quantitative estimate of drug-likeness (QED) is 0.847. The normalized spacial score (nSPS) is 14.7. The molecule has 0 radical (unpaired) electrons. The molecular formula is C13H16FN3. The van der Waals surface area contributed by atoms with Crippen LogP contribution in [0.4, 0.5) is 10.1 Å². The number of nitrogens with one attached hydrogen (secondary N) is 1. The van der Waals surface area contributed by atoms with Crippen molar-refractivity contribution in [2.75, 3.05) is 25.5 Å². The molecule has 0 aromatic heterocycles. The van der Waals surface area contributed by atoms with Gasteiger partial charge in [-0.3, -0.25) is 0 Å². The number of nitrogens with zero attached hydrogens (tertiary/aromatic N) is 2. The second kappa shape index (κ2) is 5.15. The monoisotopic (exact) mass is 233 g/mol. The minimum atomic E-state index is -0.373. The van der Waals surface area contributed by atoms with Gasteiger partial charge in [-0.25, -0.2) is 4.39 Å². The third kappa shape index (κ3) is 3.18. The largest absolute Gasteiger partial charge is 0.383 e. The topological polar surface area (TPSA) is 39.1 Å². The van der Waals surface area contributed by atoms with Crippen molar-refractivity contribution in [1.29, 1.82) is 5.26 Å². The molecule has 0 bridgehead atoms. The highest BCUT2D eigenvalue weighted by molar-refractivity contribution is 5.57. The molecule has 0 saturated heterocycles. The fourth-order valence-corrected chi connectivity index (χ4v) is 1.83. The lowest BCUT2D eigenvalue weighted by Crippen LogP contribution is -2.27. The Bertz CT molecular complexity index is 435. The number of hydrogen-bond acceptors (Lipinski definition) is 3. The maximum Gasteiger partial charge on any atom is 0.124 e. The maximum atomic E-state index is 12.9. The molecule has 1 aliphatic carbocycles. The predicted octanol–water partition coefficient (Wildman–Crippen LogP) is 2.20. The first-order chi connectivity index (χ1) is 8.20. The van der Waals surface area contributed by atoms with Crippen LogP contribution in [0.2, 0.25) is 0 Å². The molecule has 1 aromatic rings. The SMILES string of the molecule is CN(CCNc1ccc(F)cc1C#N)C1CC1. The molecule has 4 heteroatoms. The summed E-state index contributed by atoms with van der Waals surface area (Å²) in [6, 6.07) is 6.97. The van der Waals surface area contributed by atoms with Gasteiger partial charge in [-0.15, -0.1) is 0 Å². The summed E-state index contributed by atoms with van der Waals surface area (Å²) in [7, 11) is 2.11. The van der Waals surface area contributed by atoms with Crippen molar-refractivity contribution >= 4 is 5.69 Å². The fraction of sp³-hybridized carbons (Fsp3) is 0.462. The minimum absolute atomic E-state index is 0.360. The van der Waals surface area contributed by atoms with E-state index in [1.165, 1.54) is 25.0 Å². The van der Waals surface area contributed by atoms with Gasteiger partial charge in [-0.05, 0) is 38.1 Å². The van der Waals surface area contributed by atoms with Crippen molar-refractivity contribution in [3.63, 3.8) is 0 Å². The van der Waals surface area contributed by atoms with Gasteiger partial charge in [0.05, 0.1) is 11.3 Å². The van der Waals surface area contributed by atoms with Gasteiger partial charge in [0.1, 0.15) is 11.9 Å². The zero-order valence-corrected chi connectivity index (χ0v) is 9.91. The molecule has 1 aliphatic rings. The molecule has 2 rings (SSSR count). The van der Waals surface area contributed by atoms with Crippen LogP contribution in [0.3, 0.4) is 0 Å². The van der Waals surface area contributed by atoms with Crippen molar-refractivity contribution in [3.05, 3.63) is 29.6 Å². The second-order valence-corrected chi connectivity index (χ2v) is 4.44. The highest BCUT2D eigenvalue weighted by atomic mass is 19.1. The van der Waals surface area contributed by atoms with Gasteiger partial charge in [0.2, 0.25) is 0 Å². The van der Waals surface area contributed by atoms with E-state index < -0.39 is 0 Å². The summed E-state index contributed by atoms with van der Waals surface area (Å²) >= 11 is 0. The fourth-order valence-electron chi connectivity index (χ4n) is 1.83. The molecular weight excluding hydrogens is 217 g/mol. The zero-order valence-electron chi connectivity index (χ0n) is 9.91. The smallest absolute Gasteiger partial charge is 0.124 e. The van der Waals surface area contributed by atoms with E-state index in [1.807, 2.05) is 6.07 Å². The summed E-state index contributed by atoms with van der Waals surface area (Å²) in [6.45, 7) is 1.71. The van der Waals surface area contributed by atoms with Crippen LogP contribution in [0.15, 0.2) is 18.2 Å². The molecule has 17 heavy (non-hydrogen) atoms. The highest BCUT2D eigenvalue weighted by Crippen LogP contribution is 2.24. The first kappa shape index (κ1) is 11.9. The lowest BCUT2D eigenvalue weighted by atomic mass is 10.2. The van der Waals surface area contributed by atoms with Crippen LogP contribution in [0, 0.1) is 17.1 Å². The molecule has 1 fully saturated rings. The Morgan fingerprint density at radius 3 is 2.94 bits per heavy atom. The first-order valence-corrected chi connectivity index (χ1v) is 5.84. The van der Waals surface area contributed by atoms with Gasteiger partial charge in [0, 0.05) is 19.1 Å². The maximum absolute atomic E-state index is 12.9. The van der Waals surface area contributed by atoms with Crippen LogP contribution in [-0.2, 0) is 0 Å². The average Bonchev–Trinajstić information content (AvgIpc) is 3.14. The van der Waals surface area contributed by atoms with Gasteiger partial charge in [0.25, 0.3) is 0 Å². The number of likely N-dealkylation sites (N-methyl/N-ethyl adjacent to an activating group) is 1. The van der Waals surface area contributed by atoms with Crippen LogP contribution in [0.1, 0.15) is 18.4 Å². The van der Waals surface area contributed by atoms with E-state index in [2.05, 4.69) is 17.3 Å². The molecule has 0 atom stereocenters. The highest BCUT2D eigenvalue weighted by Gasteiger charge is 2.25. The summed E-state index contributed by atoms with van der Waals surface area (Å²) in [5.41, 5.74) is 1.07.